The van der Waals surface area contributed by atoms with Gasteiger partial charge in [0.05, 0.1) is 19.8 Å². The third-order valence-electron chi connectivity index (χ3n) is 10.9. The maximum absolute atomic E-state index is 12.9. The predicted molar refractivity (Wildman–Crippen MR) is 230 cm³/mol. The summed E-state index contributed by atoms with van der Waals surface area (Å²) in [6, 6.07) is 0. The van der Waals surface area contributed by atoms with Crippen molar-refractivity contribution >= 4 is 16.4 Å². The SMILES string of the molecule is CCCC/C=C\CCCCCCCCOCC(COC1OC(CO)C(O)C(OS(=O)(=O)O)C1O)OC(=O)CCCCCCCCCCCCCCCCCCCCC. The van der Waals surface area contributed by atoms with Gasteiger partial charge < -0.3 is 34.3 Å². The molecule has 0 aromatic carbocycles. The first-order chi connectivity index (χ1) is 28.1. The molecule has 1 saturated heterocycles. The fourth-order valence-corrected chi connectivity index (χ4v) is 7.81. The fraction of sp³-hybridized carbons (Fsp3) is 0.933. The Labute approximate surface area is 353 Å². The van der Waals surface area contributed by atoms with E-state index in [1.807, 2.05) is 0 Å². The molecule has 4 N–H and O–H groups in total. The summed E-state index contributed by atoms with van der Waals surface area (Å²) in [5.74, 6) is -0.397. The van der Waals surface area contributed by atoms with Gasteiger partial charge in [0.25, 0.3) is 0 Å². The summed E-state index contributed by atoms with van der Waals surface area (Å²) < 4.78 is 59.0. The minimum atomic E-state index is -5.06. The lowest BCUT2D eigenvalue weighted by molar-refractivity contribution is -0.301. The molecule has 1 heterocycles. The quantitative estimate of drug-likeness (QED) is 0.0198. The summed E-state index contributed by atoms with van der Waals surface area (Å²) >= 11 is 0. The summed E-state index contributed by atoms with van der Waals surface area (Å²) in [6.45, 7) is 3.97. The minimum Gasteiger partial charge on any atom is -0.457 e. The van der Waals surface area contributed by atoms with E-state index in [0.717, 1.165) is 44.9 Å². The van der Waals surface area contributed by atoms with Crippen LogP contribution in [0.2, 0.25) is 0 Å². The van der Waals surface area contributed by atoms with Crippen LogP contribution in [0.4, 0.5) is 0 Å². The van der Waals surface area contributed by atoms with Gasteiger partial charge in [-0.05, 0) is 32.1 Å². The van der Waals surface area contributed by atoms with Crippen LogP contribution in [0.5, 0.6) is 0 Å². The van der Waals surface area contributed by atoms with Crippen molar-refractivity contribution in [3.05, 3.63) is 12.2 Å². The molecule has 1 fully saturated rings. The normalized spacial score (nSPS) is 20.6. The number of unbranched alkanes of at least 4 members (excludes halogenated alkanes) is 26. The minimum absolute atomic E-state index is 0.0368. The Morgan fingerprint density at radius 1 is 0.638 bits per heavy atom. The predicted octanol–water partition coefficient (Wildman–Crippen LogP) is 9.86. The summed E-state index contributed by atoms with van der Waals surface area (Å²) in [5, 5.41) is 30.6. The summed E-state index contributed by atoms with van der Waals surface area (Å²) in [6.07, 6.45) is 31.0. The van der Waals surface area contributed by atoms with E-state index in [-0.39, 0.29) is 19.6 Å². The highest BCUT2D eigenvalue weighted by molar-refractivity contribution is 7.80. The first-order valence-electron chi connectivity index (χ1n) is 23.4. The van der Waals surface area contributed by atoms with Crippen LogP contribution in [0.15, 0.2) is 12.2 Å². The van der Waals surface area contributed by atoms with E-state index in [4.69, 9.17) is 23.5 Å². The van der Waals surface area contributed by atoms with Gasteiger partial charge in [-0.2, -0.15) is 8.42 Å². The van der Waals surface area contributed by atoms with Crippen molar-refractivity contribution in [3.63, 3.8) is 0 Å². The smallest absolute Gasteiger partial charge is 0.397 e. The Morgan fingerprint density at radius 2 is 1.10 bits per heavy atom. The van der Waals surface area contributed by atoms with Gasteiger partial charge in [-0.3, -0.25) is 9.35 Å². The van der Waals surface area contributed by atoms with Crippen LogP contribution in [0.3, 0.4) is 0 Å². The van der Waals surface area contributed by atoms with Crippen molar-refractivity contribution in [1.29, 1.82) is 0 Å². The zero-order valence-corrected chi connectivity index (χ0v) is 37.4. The molecule has 0 amide bonds. The van der Waals surface area contributed by atoms with Crippen molar-refractivity contribution in [2.45, 2.75) is 243 Å². The number of allylic oxidation sites excluding steroid dienone is 2. The summed E-state index contributed by atoms with van der Waals surface area (Å²) in [7, 11) is -5.06. The molecule has 0 saturated carbocycles. The number of rotatable bonds is 41. The van der Waals surface area contributed by atoms with Crippen LogP contribution in [-0.2, 0) is 38.3 Å². The van der Waals surface area contributed by atoms with Crippen LogP contribution in [-0.4, -0.2) is 97.5 Å². The highest BCUT2D eigenvalue weighted by Gasteiger charge is 2.48. The van der Waals surface area contributed by atoms with Crippen LogP contribution < -0.4 is 0 Å². The lowest BCUT2D eigenvalue weighted by Crippen LogP contribution is -2.60. The second-order valence-electron chi connectivity index (χ2n) is 16.4. The number of aliphatic hydroxyl groups is 3. The van der Waals surface area contributed by atoms with Crippen molar-refractivity contribution in [2.24, 2.45) is 0 Å². The lowest BCUT2D eigenvalue weighted by atomic mass is 9.99. The van der Waals surface area contributed by atoms with Crippen LogP contribution in [0.25, 0.3) is 0 Å². The largest absolute Gasteiger partial charge is 0.457 e. The number of ether oxygens (including phenoxy) is 4. The molecule has 0 radical (unpaired) electrons. The Hall–Kier alpha value is -1.16. The van der Waals surface area contributed by atoms with E-state index in [2.05, 4.69) is 30.2 Å². The van der Waals surface area contributed by atoms with Gasteiger partial charge in [-0.25, -0.2) is 4.18 Å². The Morgan fingerprint density at radius 3 is 1.60 bits per heavy atom. The van der Waals surface area contributed by atoms with E-state index in [0.29, 0.717) is 13.0 Å². The van der Waals surface area contributed by atoms with Crippen LogP contribution in [0.1, 0.15) is 206 Å². The molecular formula is C45H86O12S. The molecule has 1 aliphatic heterocycles. The molecule has 0 aliphatic carbocycles. The van der Waals surface area contributed by atoms with Crippen molar-refractivity contribution in [3.8, 4) is 0 Å². The standard InChI is InChI=1S/C45H86O12S/c1-3-5-7-9-11-13-15-17-18-19-20-21-22-23-24-26-28-30-32-34-41(47)55-39(37-53-35-33-31-29-27-25-16-14-12-10-8-6-4-2)38-54-45-43(49)44(57-58(50,51)52)42(48)40(36-46)56-45/h10,12,39-40,42-46,48-49H,3-9,11,13-38H2,1-2H3,(H,50,51,52)/b12-10-. The van der Waals surface area contributed by atoms with Crippen LogP contribution in [0, 0.1) is 0 Å². The monoisotopic (exact) mass is 851 g/mol. The maximum atomic E-state index is 12.9. The third kappa shape index (κ3) is 30.8. The molecule has 344 valence electrons. The van der Waals surface area contributed by atoms with E-state index < -0.39 is 59.8 Å². The van der Waals surface area contributed by atoms with Crippen molar-refractivity contribution < 1.29 is 56.2 Å². The number of esters is 1. The Balaban J connectivity index is 2.38. The second-order valence-corrected chi connectivity index (χ2v) is 17.4. The van der Waals surface area contributed by atoms with Gasteiger partial charge >= 0.3 is 16.4 Å². The molecule has 12 nitrogen and oxygen atoms in total. The van der Waals surface area contributed by atoms with E-state index in [9.17, 15) is 28.5 Å². The summed E-state index contributed by atoms with van der Waals surface area (Å²) in [4.78, 5) is 12.9. The second kappa shape index (κ2) is 37.6. The molecule has 6 unspecified atom stereocenters. The molecule has 13 heteroatoms. The van der Waals surface area contributed by atoms with Crippen LogP contribution >= 0.6 is 0 Å². The third-order valence-corrected chi connectivity index (χ3v) is 11.4. The van der Waals surface area contributed by atoms with Gasteiger partial charge in [-0.15, -0.1) is 0 Å². The first kappa shape index (κ1) is 54.9. The zero-order valence-electron chi connectivity index (χ0n) is 36.6. The molecule has 0 bridgehead atoms. The number of carbonyl (C=O) groups is 1. The van der Waals surface area contributed by atoms with E-state index in [1.54, 1.807) is 0 Å². The zero-order chi connectivity index (χ0) is 42.5. The molecule has 6 atom stereocenters. The number of aliphatic hydroxyl groups excluding tert-OH is 3. The number of carbonyl (C=O) groups excluding carboxylic acids is 1. The van der Waals surface area contributed by atoms with Crippen molar-refractivity contribution in [2.75, 3.05) is 26.4 Å². The molecule has 1 aliphatic rings. The Kier molecular flexibility index (Phi) is 35.6. The number of hydrogen-bond acceptors (Lipinski definition) is 11. The van der Waals surface area contributed by atoms with Gasteiger partial charge in [0, 0.05) is 13.0 Å². The fourth-order valence-electron chi connectivity index (χ4n) is 7.30. The maximum Gasteiger partial charge on any atom is 0.397 e. The highest BCUT2D eigenvalue weighted by Crippen LogP contribution is 2.26. The highest BCUT2D eigenvalue weighted by atomic mass is 32.3. The van der Waals surface area contributed by atoms with E-state index >= 15 is 0 Å². The molecular weight excluding hydrogens is 765 g/mol. The summed E-state index contributed by atoms with van der Waals surface area (Å²) in [5.41, 5.74) is 0. The van der Waals surface area contributed by atoms with Gasteiger partial charge in [0.15, 0.2) is 6.29 Å². The van der Waals surface area contributed by atoms with Gasteiger partial charge in [0.2, 0.25) is 0 Å². The van der Waals surface area contributed by atoms with E-state index in [1.165, 1.54) is 135 Å². The topological polar surface area (TPSA) is 178 Å². The molecule has 0 aromatic rings. The van der Waals surface area contributed by atoms with Gasteiger partial charge in [0.1, 0.15) is 30.5 Å². The average Bonchev–Trinajstić information content (AvgIpc) is 3.19. The average molecular weight is 851 g/mol. The molecule has 0 spiro atoms. The lowest BCUT2D eigenvalue weighted by Gasteiger charge is -2.41. The first-order valence-corrected chi connectivity index (χ1v) is 24.8. The molecule has 0 aromatic heterocycles. The number of hydrogen-bond donors (Lipinski definition) is 4. The Bertz CT molecular complexity index is 1070. The molecule has 1 rings (SSSR count). The van der Waals surface area contributed by atoms with Gasteiger partial charge in [-0.1, -0.05) is 180 Å². The van der Waals surface area contributed by atoms with Crippen molar-refractivity contribution in [1.82, 2.24) is 0 Å². The molecule has 58 heavy (non-hydrogen) atoms.